The van der Waals surface area contributed by atoms with E-state index < -0.39 is 5.97 Å². The van der Waals surface area contributed by atoms with E-state index in [9.17, 15) is 4.79 Å². The Morgan fingerprint density at radius 2 is 2.36 bits per heavy atom. The first kappa shape index (κ1) is 7.87. The van der Waals surface area contributed by atoms with E-state index in [4.69, 9.17) is 22.4 Å². The number of nitrogens with two attached hydrogens (primary N) is 1. The molecule has 0 aliphatic heterocycles. The molecule has 60 valence electrons. The van der Waals surface area contributed by atoms with Gasteiger partial charge in [-0.25, -0.2) is 4.79 Å². The van der Waals surface area contributed by atoms with Gasteiger partial charge in [0.05, 0.1) is 0 Å². The van der Waals surface area contributed by atoms with Crippen LogP contribution in [0.2, 0.25) is 5.02 Å². The minimum atomic E-state index is -1.18. The molecule has 0 aliphatic rings. The normalized spacial score (nSPS) is 10.0. The van der Waals surface area contributed by atoms with Crippen LogP contribution in [-0.2, 0) is 7.05 Å². The van der Waals surface area contributed by atoms with E-state index in [-0.39, 0.29) is 16.5 Å². The molecule has 1 aromatic rings. The molecule has 11 heavy (non-hydrogen) atoms. The van der Waals surface area contributed by atoms with Crippen molar-refractivity contribution in [2.75, 3.05) is 5.73 Å². The first-order chi connectivity index (χ1) is 5.04. The smallest absolute Gasteiger partial charge is 0.358 e. The van der Waals surface area contributed by atoms with Crippen molar-refractivity contribution in [1.82, 2.24) is 9.78 Å². The zero-order valence-electron chi connectivity index (χ0n) is 5.71. The lowest BCUT2D eigenvalue weighted by Crippen LogP contribution is -2.00. The fourth-order valence-electron chi connectivity index (χ4n) is 0.648. The van der Waals surface area contributed by atoms with Crippen LogP contribution in [0.4, 0.5) is 5.82 Å². The number of anilines is 1. The maximum atomic E-state index is 10.4. The number of halogens is 1. The summed E-state index contributed by atoms with van der Waals surface area (Å²) in [5, 5.41) is 12.0. The molecule has 1 heterocycles. The summed E-state index contributed by atoms with van der Waals surface area (Å²) in [5.41, 5.74) is 5.13. The molecule has 5 nitrogen and oxygen atoms in total. The predicted octanol–water partition coefficient (Wildman–Crippen LogP) is 0.354. The van der Waals surface area contributed by atoms with Crippen molar-refractivity contribution in [3.63, 3.8) is 0 Å². The summed E-state index contributed by atoms with van der Waals surface area (Å²) >= 11 is 5.52. The molecule has 0 spiro atoms. The fourth-order valence-corrected chi connectivity index (χ4v) is 0.889. The molecule has 0 saturated heterocycles. The molecule has 0 aliphatic carbocycles. The highest BCUT2D eigenvalue weighted by atomic mass is 35.5. The second-order valence-electron chi connectivity index (χ2n) is 1.98. The van der Waals surface area contributed by atoms with E-state index in [2.05, 4.69) is 5.10 Å². The summed E-state index contributed by atoms with van der Waals surface area (Å²) in [4.78, 5) is 10.4. The number of nitrogen functional groups attached to an aromatic ring is 1. The summed E-state index contributed by atoms with van der Waals surface area (Å²) in [6.07, 6.45) is 0. The SMILES string of the molecule is Cn1nc(C(=O)O)c(Cl)c1N. The van der Waals surface area contributed by atoms with Gasteiger partial charge in [0, 0.05) is 7.05 Å². The molecule has 0 amide bonds. The largest absolute Gasteiger partial charge is 0.476 e. The molecule has 1 aromatic heterocycles. The van der Waals surface area contributed by atoms with E-state index in [1.54, 1.807) is 0 Å². The Bertz CT molecular complexity index is 307. The van der Waals surface area contributed by atoms with Gasteiger partial charge < -0.3 is 10.8 Å². The number of nitrogens with zero attached hydrogens (tertiary/aromatic N) is 2. The van der Waals surface area contributed by atoms with Crippen LogP contribution in [0.25, 0.3) is 0 Å². The van der Waals surface area contributed by atoms with Gasteiger partial charge >= 0.3 is 5.97 Å². The molecule has 0 bridgehead atoms. The van der Waals surface area contributed by atoms with Gasteiger partial charge in [-0.05, 0) is 0 Å². The lowest BCUT2D eigenvalue weighted by Gasteiger charge is -1.89. The Hall–Kier alpha value is -1.23. The number of hydrogen-bond donors (Lipinski definition) is 2. The monoisotopic (exact) mass is 175 g/mol. The number of carbonyl (C=O) groups is 1. The third-order valence-corrected chi connectivity index (χ3v) is 1.61. The van der Waals surface area contributed by atoms with Crippen molar-refractivity contribution >= 4 is 23.4 Å². The third-order valence-electron chi connectivity index (χ3n) is 1.23. The van der Waals surface area contributed by atoms with Gasteiger partial charge in [-0.1, -0.05) is 11.6 Å². The topological polar surface area (TPSA) is 81.1 Å². The van der Waals surface area contributed by atoms with Crippen molar-refractivity contribution in [2.24, 2.45) is 7.05 Å². The van der Waals surface area contributed by atoms with E-state index in [1.165, 1.54) is 11.7 Å². The van der Waals surface area contributed by atoms with E-state index in [0.717, 1.165) is 0 Å². The Labute approximate surface area is 67.4 Å². The standard InChI is InChI=1S/C5H6ClN3O2/c1-9-4(7)2(6)3(8-9)5(10)11/h7H2,1H3,(H,10,11). The molecule has 3 N–H and O–H groups in total. The van der Waals surface area contributed by atoms with Crippen molar-refractivity contribution in [3.8, 4) is 0 Å². The molecular formula is C5H6ClN3O2. The van der Waals surface area contributed by atoms with Crippen LogP contribution in [0.5, 0.6) is 0 Å². The quantitative estimate of drug-likeness (QED) is 0.646. The summed E-state index contributed by atoms with van der Waals surface area (Å²) in [7, 11) is 1.52. The van der Waals surface area contributed by atoms with E-state index >= 15 is 0 Å². The second-order valence-corrected chi connectivity index (χ2v) is 2.35. The van der Waals surface area contributed by atoms with Crippen LogP contribution in [0.1, 0.15) is 10.5 Å². The summed E-state index contributed by atoms with van der Waals surface area (Å²) in [5.74, 6) is -1.02. The Kier molecular flexibility index (Phi) is 1.74. The van der Waals surface area contributed by atoms with Crippen molar-refractivity contribution in [3.05, 3.63) is 10.7 Å². The number of carboxylic acids is 1. The van der Waals surface area contributed by atoms with Crippen LogP contribution in [0.15, 0.2) is 0 Å². The van der Waals surface area contributed by atoms with Crippen LogP contribution in [0.3, 0.4) is 0 Å². The Balaban J connectivity index is 3.29. The Morgan fingerprint density at radius 3 is 2.55 bits per heavy atom. The van der Waals surface area contributed by atoms with Gasteiger partial charge in [-0.2, -0.15) is 5.10 Å². The lowest BCUT2D eigenvalue weighted by molar-refractivity contribution is 0.0690. The molecule has 6 heteroatoms. The van der Waals surface area contributed by atoms with E-state index in [0.29, 0.717) is 0 Å². The van der Waals surface area contributed by atoms with Crippen molar-refractivity contribution in [1.29, 1.82) is 0 Å². The van der Waals surface area contributed by atoms with Crippen LogP contribution >= 0.6 is 11.6 Å². The molecule has 0 radical (unpaired) electrons. The van der Waals surface area contributed by atoms with Crippen LogP contribution in [-0.4, -0.2) is 20.9 Å². The number of aromatic carboxylic acids is 1. The maximum absolute atomic E-state index is 10.4. The summed E-state index contributed by atoms with van der Waals surface area (Å²) < 4.78 is 1.21. The molecule has 0 fully saturated rings. The van der Waals surface area contributed by atoms with E-state index in [1.807, 2.05) is 0 Å². The maximum Gasteiger partial charge on any atom is 0.358 e. The zero-order valence-corrected chi connectivity index (χ0v) is 6.46. The van der Waals surface area contributed by atoms with Gasteiger partial charge in [0.25, 0.3) is 0 Å². The first-order valence-corrected chi connectivity index (χ1v) is 3.13. The average molecular weight is 176 g/mol. The third kappa shape index (κ3) is 1.14. The molecule has 0 aromatic carbocycles. The average Bonchev–Trinajstić information content (AvgIpc) is 2.17. The number of aryl methyl sites for hydroxylation is 1. The number of aromatic nitrogens is 2. The molecular weight excluding hydrogens is 170 g/mol. The van der Waals surface area contributed by atoms with Crippen molar-refractivity contribution < 1.29 is 9.90 Å². The van der Waals surface area contributed by atoms with Crippen molar-refractivity contribution in [2.45, 2.75) is 0 Å². The highest BCUT2D eigenvalue weighted by molar-refractivity contribution is 6.35. The van der Waals surface area contributed by atoms with Gasteiger partial charge in [0.2, 0.25) is 0 Å². The van der Waals surface area contributed by atoms with Gasteiger partial charge in [0.15, 0.2) is 5.69 Å². The molecule has 0 atom stereocenters. The van der Waals surface area contributed by atoms with Crippen LogP contribution < -0.4 is 5.73 Å². The molecule has 0 unspecified atom stereocenters. The van der Waals surface area contributed by atoms with Crippen LogP contribution in [0, 0.1) is 0 Å². The molecule has 1 rings (SSSR count). The first-order valence-electron chi connectivity index (χ1n) is 2.75. The molecule has 0 saturated carbocycles. The predicted molar refractivity (Wildman–Crippen MR) is 39.6 cm³/mol. The number of rotatable bonds is 1. The number of hydrogen-bond acceptors (Lipinski definition) is 3. The minimum Gasteiger partial charge on any atom is -0.476 e. The fraction of sp³-hybridized carbons (Fsp3) is 0.200. The Morgan fingerprint density at radius 1 is 1.82 bits per heavy atom. The van der Waals surface area contributed by atoms with Gasteiger partial charge in [0.1, 0.15) is 10.8 Å². The summed E-state index contributed by atoms with van der Waals surface area (Å²) in [6.45, 7) is 0. The lowest BCUT2D eigenvalue weighted by atomic mass is 10.4. The second kappa shape index (κ2) is 2.43. The van der Waals surface area contributed by atoms with Gasteiger partial charge in [-0.15, -0.1) is 0 Å². The zero-order chi connectivity index (χ0) is 8.59. The number of carboxylic acid groups (broad SMARTS) is 1. The van der Waals surface area contributed by atoms with Gasteiger partial charge in [-0.3, -0.25) is 4.68 Å². The summed E-state index contributed by atoms with van der Waals surface area (Å²) in [6, 6.07) is 0. The highest BCUT2D eigenvalue weighted by Gasteiger charge is 2.16. The highest BCUT2D eigenvalue weighted by Crippen LogP contribution is 2.21. The minimum absolute atomic E-state index is 0.0139.